The van der Waals surface area contributed by atoms with Crippen molar-refractivity contribution in [2.75, 3.05) is 7.11 Å². The molecule has 0 atom stereocenters. The summed E-state index contributed by atoms with van der Waals surface area (Å²) in [5.41, 5.74) is 3.75. The van der Waals surface area contributed by atoms with Crippen LogP contribution < -0.4 is 10.4 Å². The van der Waals surface area contributed by atoms with E-state index in [1.54, 1.807) is 13.3 Å². The number of rotatable bonds is 2. The van der Waals surface area contributed by atoms with Crippen LogP contribution in [0.25, 0.3) is 11.3 Å². The third-order valence-electron chi connectivity index (χ3n) is 2.70. The molecular formula is C12H14N2O2. The first-order valence-electron chi connectivity index (χ1n) is 5.05. The van der Waals surface area contributed by atoms with Crippen LogP contribution in [0.3, 0.4) is 0 Å². The standard InChI is InChI=1S/C12H14N2O2/c1-7-4-9(10-6-13-12(15)14-10)11(16-3)5-8(7)2/h4-6H,1-3H3,(H2,13,14,15). The van der Waals surface area contributed by atoms with E-state index >= 15 is 0 Å². The normalized spacial score (nSPS) is 10.4. The maximum absolute atomic E-state index is 11.1. The molecule has 0 spiro atoms. The maximum atomic E-state index is 11.1. The average molecular weight is 218 g/mol. The van der Waals surface area contributed by atoms with E-state index in [0.717, 1.165) is 22.6 Å². The first kappa shape index (κ1) is 10.5. The molecule has 0 aliphatic rings. The van der Waals surface area contributed by atoms with Crippen LogP contribution in [0.5, 0.6) is 5.75 Å². The molecule has 0 aliphatic heterocycles. The number of aromatic amines is 2. The van der Waals surface area contributed by atoms with Crippen molar-refractivity contribution in [2.45, 2.75) is 13.8 Å². The molecule has 2 aromatic rings. The number of hydrogen-bond donors (Lipinski definition) is 2. The Morgan fingerprint density at radius 2 is 1.88 bits per heavy atom. The van der Waals surface area contributed by atoms with Gasteiger partial charge in [0, 0.05) is 11.8 Å². The minimum absolute atomic E-state index is 0.213. The molecule has 1 aromatic carbocycles. The van der Waals surface area contributed by atoms with Crippen LogP contribution >= 0.6 is 0 Å². The number of aryl methyl sites for hydroxylation is 2. The summed E-state index contributed by atoms with van der Waals surface area (Å²) in [6.07, 6.45) is 1.65. The Labute approximate surface area is 93.3 Å². The van der Waals surface area contributed by atoms with Crippen molar-refractivity contribution in [1.29, 1.82) is 0 Å². The van der Waals surface area contributed by atoms with E-state index in [-0.39, 0.29) is 5.69 Å². The number of imidazole rings is 1. The van der Waals surface area contributed by atoms with Crippen LogP contribution in [-0.4, -0.2) is 17.1 Å². The number of ether oxygens (including phenoxy) is 1. The van der Waals surface area contributed by atoms with Crippen molar-refractivity contribution in [1.82, 2.24) is 9.97 Å². The lowest BCUT2D eigenvalue weighted by atomic mass is 10.0. The molecule has 0 saturated heterocycles. The molecule has 0 amide bonds. The first-order chi connectivity index (χ1) is 7.61. The second-order valence-corrected chi connectivity index (χ2v) is 3.79. The van der Waals surface area contributed by atoms with Crippen molar-refractivity contribution >= 4 is 0 Å². The Morgan fingerprint density at radius 3 is 2.44 bits per heavy atom. The van der Waals surface area contributed by atoms with Crippen LogP contribution in [-0.2, 0) is 0 Å². The van der Waals surface area contributed by atoms with Gasteiger partial charge in [0.25, 0.3) is 0 Å². The summed E-state index contributed by atoms with van der Waals surface area (Å²) >= 11 is 0. The van der Waals surface area contributed by atoms with Gasteiger partial charge < -0.3 is 14.7 Å². The molecule has 16 heavy (non-hydrogen) atoms. The summed E-state index contributed by atoms with van der Waals surface area (Å²) in [5, 5.41) is 0. The molecule has 0 radical (unpaired) electrons. The fraction of sp³-hybridized carbons (Fsp3) is 0.250. The summed E-state index contributed by atoms with van der Waals surface area (Å²) in [5.74, 6) is 0.762. The van der Waals surface area contributed by atoms with Crippen LogP contribution in [0.2, 0.25) is 0 Å². The van der Waals surface area contributed by atoms with Crippen LogP contribution in [0.4, 0.5) is 0 Å². The van der Waals surface area contributed by atoms with Crippen LogP contribution in [0, 0.1) is 13.8 Å². The molecule has 84 valence electrons. The van der Waals surface area contributed by atoms with E-state index in [0.29, 0.717) is 0 Å². The third kappa shape index (κ3) is 1.74. The Kier molecular flexibility index (Phi) is 2.56. The van der Waals surface area contributed by atoms with Gasteiger partial charge in [0.2, 0.25) is 0 Å². The van der Waals surface area contributed by atoms with Gasteiger partial charge >= 0.3 is 5.69 Å². The molecule has 0 aliphatic carbocycles. The zero-order chi connectivity index (χ0) is 11.7. The quantitative estimate of drug-likeness (QED) is 0.809. The summed E-state index contributed by atoms with van der Waals surface area (Å²) in [6, 6.07) is 3.98. The monoisotopic (exact) mass is 218 g/mol. The van der Waals surface area contributed by atoms with Crippen LogP contribution in [0.15, 0.2) is 23.1 Å². The van der Waals surface area contributed by atoms with E-state index < -0.39 is 0 Å². The molecule has 4 nitrogen and oxygen atoms in total. The second-order valence-electron chi connectivity index (χ2n) is 3.79. The predicted octanol–water partition coefficient (Wildman–Crippen LogP) is 2.00. The smallest absolute Gasteiger partial charge is 0.323 e. The molecule has 4 heteroatoms. The second kappa shape index (κ2) is 3.89. The summed E-state index contributed by atoms with van der Waals surface area (Å²) in [4.78, 5) is 16.4. The maximum Gasteiger partial charge on any atom is 0.323 e. The molecule has 2 N–H and O–H groups in total. The Bertz CT molecular complexity index is 567. The lowest BCUT2D eigenvalue weighted by Gasteiger charge is -2.10. The predicted molar refractivity (Wildman–Crippen MR) is 62.9 cm³/mol. The van der Waals surface area contributed by atoms with Gasteiger partial charge in [-0.05, 0) is 37.1 Å². The fourth-order valence-electron chi connectivity index (χ4n) is 1.65. The SMILES string of the molecule is COc1cc(C)c(C)cc1-c1c[nH]c(=O)[nH]1. The topological polar surface area (TPSA) is 57.9 Å². The zero-order valence-corrected chi connectivity index (χ0v) is 9.55. The highest BCUT2D eigenvalue weighted by molar-refractivity contribution is 5.68. The minimum Gasteiger partial charge on any atom is -0.496 e. The number of aromatic nitrogens is 2. The molecule has 1 heterocycles. The van der Waals surface area contributed by atoms with E-state index in [1.807, 2.05) is 26.0 Å². The van der Waals surface area contributed by atoms with Crippen molar-refractivity contribution in [3.8, 4) is 17.0 Å². The Hall–Kier alpha value is -1.97. The molecular weight excluding hydrogens is 204 g/mol. The van der Waals surface area contributed by atoms with Gasteiger partial charge in [-0.3, -0.25) is 0 Å². The Balaban J connectivity index is 2.63. The molecule has 0 saturated carbocycles. The number of H-pyrrole nitrogens is 2. The number of nitrogens with one attached hydrogen (secondary N) is 2. The minimum atomic E-state index is -0.213. The molecule has 2 rings (SSSR count). The van der Waals surface area contributed by atoms with Crippen molar-refractivity contribution in [2.24, 2.45) is 0 Å². The van der Waals surface area contributed by atoms with E-state index in [1.165, 1.54) is 5.56 Å². The Morgan fingerprint density at radius 1 is 1.19 bits per heavy atom. The van der Waals surface area contributed by atoms with Gasteiger partial charge in [-0.15, -0.1) is 0 Å². The molecule has 0 bridgehead atoms. The highest BCUT2D eigenvalue weighted by Gasteiger charge is 2.09. The number of benzene rings is 1. The van der Waals surface area contributed by atoms with Gasteiger partial charge in [0.15, 0.2) is 0 Å². The van der Waals surface area contributed by atoms with Gasteiger partial charge in [-0.2, -0.15) is 0 Å². The van der Waals surface area contributed by atoms with E-state index in [9.17, 15) is 4.79 Å². The van der Waals surface area contributed by atoms with E-state index in [2.05, 4.69) is 9.97 Å². The lowest BCUT2D eigenvalue weighted by molar-refractivity contribution is 0.416. The first-order valence-corrected chi connectivity index (χ1v) is 5.05. The van der Waals surface area contributed by atoms with Gasteiger partial charge in [-0.1, -0.05) is 0 Å². The van der Waals surface area contributed by atoms with Gasteiger partial charge in [-0.25, -0.2) is 4.79 Å². The zero-order valence-electron chi connectivity index (χ0n) is 9.55. The highest BCUT2D eigenvalue weighted by atomic mass is 16.5. The van der Waals surface area contributed by atoms with Crippen molar-refractivity contribution in [3.63, 3.8) is 0 Å². The van der Waals surface area contributed by atoms with Crippen molar-refractivity contribution in [3.05, 3.63) is 39.9 Å². The fourth-order valence-corrected chi connectivity index (χ4v) is 1.65. The molecule has 1 aromatic heterocycles. The average Bonchev–Trinajstić information content (AvgIpc) is 2.68. The van der Waals surface area contributed by atoms with Crippen molar-refractivity contribution < 1.29 is 4.74 Å². The highest BCUT2D eigenvalue weighted by Crippen LogP contribution is 2.30. The van der Waals surface area contributed by atoms with Crippen LogP contribution in [0.1, 0.15) is 11.1 Å². The van der Waals surface area contributed by atoms with E-state index in [4.69, 9.17) is 4.74 Å². The number of hydrogen-bond acceptors (Lipinski definition) is 2. The molecule has 0 unspecified atom stereocenters. The summed E-state index contributed by atoms with van der Waals surface area (Å²) in [7, 11) is 1.62. The van der Waals surface area contributed by atoms with Gasteiger partial charge in [0.1, 0.15) is 5.75 Å². The third-order valence-corrected chi connectivity index (χ3v) is 2.70. The summed E-state index contributed by atoms with van der Waals surface area (Å²) in [6.45, 7) is 4.06. The molecule has 0 fully saturated rings. The van der Waals surface area contributed by atoms with Gasteiger partial charge in [0.05, 0.1) is 12.8 Å². The number of methoxy groups -OCH3 is 1. The lowest BCUT2D eigenvalue weighted by Crippen LogP contribution is -2.00. The summed E-state index contributed by atoms with van der Waals surface area (Å²) < 4.78 is 5.31. The largest absolute Gasteiger partial charge is 0.496 e.